The van der Waals surface area contributed by atoms with Crippen LogP contribution >= 0.6 is 0 Å². The quantitative estimate of drug-likeness (QED) is 0.413. The molecule has 0 amide bonds. The standard InChI is InChI=1S/C31H39FN4O2S/c1-34-30-17-27(28(32)18-29(30)33-31(34)22-5-9-26(10-6-22)39(2,37)38)21-11-13-35(14-12-21)25-15-23-7-8-24(16-25)36(23)19-20-3-4-20/h5-6,9-10,17-18,20-21,23-25H,3-4,7-8,11-16,19H2,1-2H3. The van der Waals surface area contributed by atoms with Crippen molar-refractivity contribution in [3.8, 4) is 11.4 Å². The van der Waals surface area contributed by atoms with Crippen molar-refractivity contribution in [3.63, 3.8) is 0 Å². The summed E-state index contributed by atoms with van der Waals surface area (Å²) in [6.45, 7) is 3.45. The van der Waals surface area contributed by atoms with E-state index in [0.717, 1.165) is 60.6 Å². The van der Waals surface area contributed by atoms with E-state index in [-0.39, 0.29) is 16.6 Å². The molecule has 0 spiro atoms. The lowest BCUT2D eigenvalue weighted by atomic mass is 9.86. The molecule has 3 aliphatic heterocycles. The maximum atomic E-state index is 15.4. The Morgan fingerprint density at radius 3 is 2.21 bits per heavy atom. The monoisotopic (exact) mass is 550 g/mol. The Morgan fingerprint density at radius 2 is 1.59 bits per heavy atom. The summed E-state index contributed by atoms with van der Waals surface area (Å²) in [6, 6.07) is 12.6. The first-order chi connectivity index (χ1) is 18.7. The van der Waals surface area contributed by atoms with Crippen LogP contribution in [0.5, 0.6) is 0 Å². The van der Waals surface area contributed by atoms with Crippen LogP contribution in [0.1, 0.15) is 62.8 Å². The number of aromatic nitrogens is 2. The maximum Gasteiger partial charge on any atom is 0.175 e. The van der Waals surface area contributed by atoms with Crippen molar-refractivity contribution in [2.24, 2.45) is 13.0 Å². The lowest BCUT2D eigenvalue weighted by molar-refractivity contribution is 0.0437. The van der Waals surface area contributed by atoms with E-state index >= 15 is 4.39 Å². The van der Waals surface area contributed by atoms with Gasteiger partial charge in [0.2, 0.25) is 0 Å². The second kappa shape index (κ2) is 9.67. The van der Waals surface area contributed by atoms with Gasteiger partial charge in [0.25, 0.3) is 0 Å². The fourth-order valence-corrected chi connectivity index (χ4v) is 8.30. The van der Waals surface area contributed by atoms with Crippen molar-refractivity contribution in [1.82, 2.24) is 19.4 Å². The average Bonchev–Trinajstić information content (AvgIpc) is 3.64. The summed E-state index contributed by atoms with van der Waals surface area (Å²) in [5.74, 6) is 1.75. The third-order valence-electron chi connectivity index (χ3n) is 10.1. The summed E-state index contributed by atoms with van der Waals surface area (Å²) in [6.07, 6.45) is 11.5. The highest BCUT2D eigenvalue weighted by molar-refractivity contribution is 7.90. The molecule has 3 saturated heterocycles. The summed E-state index contributed by atoms with van der Waals surface area (Å²) in [4.78, 5) is 10.6. The van der Waals surface area contributed by atoms with Crippen molar-refractivity contribution < 1.29 is 12.8 Å². The molecule has 7 rings (SSSR count). The Bertz CT molecular complexity index is 1480. The van der Waals surface area contributed by atoms with Crippen LogP contribution < -0.4 is 0 Å². The Balaban J connectivity index is 1.05. The van der Waals surface area contributed by atoms with E-state index in [2.05, 4.69) is 9.80 Å². The van der Waals surface area contributed by atoms with Crippen molar-refractivity contribution in [1.29, 1.82) is 0 Å². The second-order valence-electron chi connectivity index (χ2n) is 12.6. The lowest BCUT2D eigenvalue weighted by Crippen LogP contribution is -2.52. The third kappa shape index (κ3) is 4.82. The van der Waals surface area contributed by atoms with Crippen LogP contribution in [0.25, 0.3) is 22.4 Å². The maximum absolute atomic E-state index is 15.4. The van der Waals surface area contributed by atoms with Gasteiger partial charge in [0.1, 0.15) is 11.6 Å². The Morgan fingerprint density at radius 1 is 0.923 bits per heavy atom. The van der Waals surface area contributed by atoms with Crippen molar-refractivity contribution in [2.75, 3.05) is 25.9 Å². The first-order valence-electron chi connectivity index (χ1n) is 14.7. The van der Waals surface area contributed by atoms with Crippen molar-refractivity contribution in [2.45, 2.75) is 80.3 Å². The van der Waals surface area contributed by atoms with E-state index in [9.17, 15) is 8.42 Å². The minimum absolute atomic E-state index is 0.163. The van der Waals surface area contributed by atoms with Gasteiger partial charge < -0.3 is 9.47 Å². The number of aryl methyl sites for hydroxylation is 1. The largest absolute Gasteiger partial charge is 0.327 e. The van der Waals surface area contributed by atoms with E-state index in [4.69, 9.17) is 4.98 Å². The first-order valence-corrected chi connectivity index (χ1v) is 16.6. The van der Waals surface area contributed by atoms with E-state index in [0.29, 0.717) is 17.4 Å². The number of sulfone groups is 1. The number of fused-ring (bicyclic) bond motifs is 3. The minimum Gasteiger partial charge on any atom is -0.327 e. The molecule has 2 aromatic carbocycles. The molecular formula is C31H39FN4O2S. The summed E-state index contributed by atoms with van der Waals surface area (Å²) in [5.41, 5.74) is 3.17. The molecule has 0 radical (unpaired) electrons. The van der Waals surface area contributed by atoms with Crippen molar-refractivity contribution >= 4 is 20.9 Å². The van der Waals surface area contributed by atoms with Gasteiger partial charge in [-0.25, -0.2) is 17.8 Å². The number of rotatable bonds is 6. The van der Waals surface area contributed by atoms with Crippen LogP contribution in [0.4, 0.5) is 4.39 Å². The number of benzene rings is 2. The second-order valence-corrected chi connectivity index (χ2v) is 14.6. The van der Waals surface area contributed by atoms with Crippen LogP contribution in [0.15, 0.2) is 41.3 Å². The number of likely N-dealkylation sites (tertiary alicyclic amines) is 1. The number of hydrogen-bond donors (Lipinski definition) is 0. The van der Waals surface area contributed by atoms with Gasteiger partial charge in [-0.15, -0.1) is 0 Å². The van der Waals surface area contributed by atoms with Crippen molar-refractivity contribution in [3.05, 3.63) is 47.8 Å². The molecule has 1 aromatic heterocycles. The summed E-state index contributed by atoms with van der Waals surface area (Å²) >= 11 is 0. The number of hydrogen-bond acceptors (Lipinski definition) is 5. The molecule has 39 heavy (non-hydrogen) atoms. The van der Waals surface area contributed by atoms with Crippen LogP contribution in [0.3, 0.4) is 0 Å². The normalized spacial score (nSPS) is 27.0. The number of halogens is 1. The van der Waals surface area contributed by atoms with Gasteiger partial charge in [-0.2, -0.15) is 0 Å². The van der Waals surface area contributed by atoms with Crippen LogP contribution in [-0.4, -0.2) is 71.8 Å². The molecule has 8 heteroatoms. The molecule has 4 heterocycles. The van der Waals surface area contributed by atoms with Gasteiger partial charge in [-0.3, -0.25) is 4.90 Å². The molecular weight excluding hydrogens is 511 g/mol. The predicted octanol–water partition coefficient (Wildman–Crippen LogP) is 5.37. The fourth-order valence-electron chi connectivity index (χ4n) is 7.67. The van der Waals surface area contributed by atoms with Gasteiger partial charge >= 0.3 is 0 Å². The molecule has 2 bridgehead atoms. The van der Waals surface area contributed by atoms with E-state index in [1.807, 2.05) is 17.7 Å². The molecule has 0 N–H and O–H groups in total. The summed E-state index contributed by atoms with van der Waals surface area (Å²) in [7, 11) is -1.31. The zero-order chi connectivity index (χ0) is 26.9. The smallest absolute Gasteiger partial charge is 0.175 e. The molecule has 1 aliphatic carbocycles. The Kier molecular flexibility index (Phi) is 6.36. The van der Waals surface area contributed by atoms with E-state index in [1.165, 1.54) is 51.3 Å². The lowest BCUT2D eigenvalue weighted by Gasteiger charge is -2.45. The highest BCUT2D eigenvalue weighted by atomic mass is 32.2. The van der Waals surface area contributed by atoms with E-state index < -0.39 is 9.84 Å². The predicted molar refractivity (Wildman–Crippen MR) is 152 cm³/mol. The molecule has 2 atom stereocenters. The number of piperidine rings is 2. The minimum atomic E-state index is -3.26. The topological polar surface area (TPSA) is 58.4 Å². The molecule has 6 nitrogen and oxygen atoms in total. The van der Waals surface area contributed by atoms with Crippen LogP contribution in [0, 0.1) is 11.7 Å². The van der Waals surface area contributed by atoms with Gasteiger partial charge in [0.15, 0.2) is 9.84 Å². The number of imidazole rings is 1. The van der Waals surface area contributed by atoms with Gasteiger partial charge in [-0.1, -0.05) is 0 Å². The average molecular weight is 551 g/mol. The van der Waals surface area contributed by atoms with Gasteiger partial charge in [-0.05, 0) is 112 Å². The summed E-state index contributed by atoms with van der Waals surface area (Å²) in [5, 5.41) is 0. The molecule has 4 fully saturated rings. The highest BCUT2D eigenvalue weighted by Gasteiger charge is 2.44. The molecule has 1 saturated carbocycles. The first kappa shape index (κ1) is 25.7. The van der Waals surface area contributed by atoms with Gasteiger partial charge in [0.05, 0.1) is 15.9 Å². The fraction of sp³-hybridized carbons (Fsp3) is 0.581. The Hall–Kier alpha value is -2.29. The Labute approximate surface area is 231 Å². The zero-order valence-electron chi connectivity index (χ0n) is 23.0. The third-order valence-corrected chi connectivity index (χ3v) is 11.2. The summed E-state index contributed by atoms with van der Waals surface area (Å²) < 4.78 is 41.1. The highest BCUT2D eigenvalue weighted by Crippen LogP contribution is 2.42. The molecule has 2 unspecified atom stereocenters. The zero-order valence-corrected chi connectivity index (χ0v) is 23.8. The molecule has 4 aliphatic rings. The molecule has 3 aromatic rings. The molecule has 208 valence electrons. The van der Waals surface area contributed by atoms with Crippen LogP contribution in [-0.2, 0) is 16.9 Å². The number of nitrogens with zero attached hydrogens (tertiary/aromatic N) is 4. The van der Waals surface area contributed by atoms with Gasteiger partial charge in [0, 0.05) is 49.6 Å². The van der Waals surface area contributed by atoms with Crippen LogP contribution in [0.2, 0.25) is 0 Å². The SMILES string of the molecule is Cn1c(-c2ccc(S(C)(=O)=O)cc2)nc2cc(F)c(C3CCN(C4CC5CCC(C4)N5CC4CC4)CC3)cc21. The van der Waals surface area contributed by atoms with E-state index in [1.54, 1.807) is 30.3 Å².